The largest absolute Gasteiger partial charge is 0.497 e. The van der Waals surface area contributed by atoms with E-state index in [1.807, 2.05) is 41.3 Å². The average Bonchev–Trinajstić information content (AvgIpc) is 3.11. The quantitative estimate of drug-likeness (QED) is 0.858. The first-order valence-corrected chi connectivity index (χ1v) is 6.74. The first-order valence-electron chi connectivity index (χ1n) is 6.74. The maximum atomic E-state index is 12.1. The molecule has 1 aromatic carbocycles. The Kier molecular flexibility index (Phi) is 3.46. The van der Waals surface area contributed by atoms with Gasteiger partial charge >= 0.3 is 0 Å². The van der Waals surface area contributed by atoms with Crippen LogP contribution in [0.3, 0.4) is 0 Å². The van der Waals surface area contributed by atoms with Crippen LogP contribution in [0, 0.1) is 0 Å². The molecule has 0 radical (unpaired) electrons. The lowest BCUT2D eigenvalue weighted by atomic mass is 10.1. The molecule has 4 heteroatoms. The minimum absolute atomic E-state index is 0.0552. The molecule has 1 aromatic heterocycles. The van der Waals surface area contributed by atoms with Gasteiger partial charge in [-0.15, -0.1) is 0 Å². The number of ether oxygens (including phenoxy) is 1. The summed E-state index contributed by atoms with van der Waals surface area (Å²) >= 11 is 0. The van der Waals surface area contributed by atoms with Crippen molar-refractivity contribution in [1.82, 2.24) is 4.90 Å². The Hall–Kier alpha value is -2.23. The van der Waals surface area contributed by atoms with Gasteiger partial charge in [-0.3, -0.25) is 4.79 Å². The standard InChI is InChI=1S/C16H17NO3/c1-19-13-6-4-12(5-7-13)11-17-14(8-9-16(17)18)15-3-2-10-20-15/h2-7,10,14H,8-9,11H2,1H3. The summed E-state index contributed by atoms with van der Waals surface area (Å²) in [5.41, 5.74) is 1.10. The van der Waals surface area contributed by atoms with Gasteiger partial charge in [0.1, 0.15) is 11.5 Å². The zero-order valence-electron chi connectivity index (χ0n) is 11.4. The first-order chi connectivity index (χ1) is 9.78. The minimum Gasteiger partial charge on any atom is -0.497 e. The fourth-order valence-corrected chi connectivity index (χ4v) is 2.64. The predicted molar refractivity (Wildman–Crippen MR) is 74.2 cm³/mol. The summed E-state index contributed by atoms with van der Waals surface area (Å²) in [7, 11) is 1.64. The SMILES string of the molecule is COc1ccc(CN2C(=O)CCC2c2ccco2)cc1. The second-order valence-corrected chi connectivity index (χ2v) is 4.94. The van der Waals surface area contributed by atoms with Gasteiger partial charge in [0.15, 0.2) is 0 Å². The van der Waals surface area contributed by atoms with Crippen LogP contribution in [-0.4, -0.2) is 17.9 Å². The van der Waals surface area contributed by atoms with Crippen molar-refractivity contribution in [3.63, 3.8) is 0 Å². The Morgan fingerprint density at radius 1 is 1.30 bits per heavy atom. The molecule has 0 aliphatic carbocycles. The second-order valence-electron chi connectivity index (χ2n) is 4.94. The number of nitrogens with zero attached hydrogens (tertiary/aromatic N) is 1. The number of hydrogen-bond donors (Lipinski definition) is 0. The van der Waals surface area contributed by atoms with E-state index in [-0.39, 0.29) is 11.9 Å². The highest BCUT2D eigenvalue weighted by atomic mass is 16.5. The molecule has 1 atom stereocenters. The molecule has 1 aliphatic heterocycles. The van der Waals surface area contributed by atoms with Gasteiger partial charge < -0.3 is 14.1 Å². The molecular weight excluding hydrogens is 254 g/mol. The number of furan rings is 1. The molecule has 104 valence electrons. The van der Waals surface area contributed by atoms with Crippen molar-refractivity contribution in [3.05, 3.63) is 54.0 Å². The van der Waals surface area contributed by atoms with Gasteiger partial charge in [0.25, 0.3) is 0 Å². The third kappa shape index (κ3) is 2.41. The van der Waals surface area contributed by atoms with E-state index >= 15 is 0 Å². The minimum atomic E-state index is 0.0552. The Morgan fingerprint density at radius 2 is 2.10 bits per heavy atom. The number of likely N-dealkylation sites (tertiary alicyclic amines) is 1. The van der Waals surface area contributed by atoms with Gasteiger partial charge in [-0.2, -0.15) is 0 Å². The van der Waals surface area contributed by atoms with Gasteiger partial charge in [0.2, 0.25) is 5.91 Å². The van der Waals surface area contributed by atoms with Crippen LogP contribution in [0.5, 0.6) is 5.75 Å². The van der Waals surface area contributed by atoms with E-state index < -0.39 is 0 Å². The maximum Gasteiger partial charge on any atom is 0.223 e. The lowest BCUT2D eigenvalue weighted by Crippen LogP contribution is -2.26. The van der Waals surface area contributed by atoms with Crippen LogP contribution >= 0.6 is 0 Å². The van der Waals surface area contributed by atoms with E-state index in [0.717, 1.165) is 23.5 Å². The van der Waals surface area contributed by atoms with Crippen molar-refractivity contribution < 1.29 is 13.9 Å². The van der Waals surface area contributed by atoms with Crippen molar-refractivity contribution in [1.29, 1.82) is 0 Å². The van der Waals surface area contributed by atoms with Gasteiger partial charge in [-0.1, -0.05) is 12.1 Å². The van der Waals surface area contributed by atoms with Crippen molar-refractivity contribution in [2.75, 3.05) is 7.11 Å². The van der Waals surface area contributed by atoms with Crippen LogP contribution in [0.25, 0.3) is 0 Å². The predicted octanol–water partition coefficient (Wildman–Crippen LogP) is 3.15. The molecule has 3 rings (SSSR count). The fraction of sp³-hybridized carbons (Fsp3) is 0.312. The highest BCUT2D eigenvalue weighted by molar-refractivity contribution is 5.79. The highest BCUT2D eigenvalue weighted by Crippen LogP contribution is 2.34. The molecule has 2 aromatic rings. The molecule has 2 heterocycles. The molecular formula is C16H17NO3. The van der Waals surface area contributed by atoms with Crippen LogP contribution in [-0.2, 0) is 11.3 Å². The van der Waals surface area contributed by atoms with E-state index in [0.29, 0.717) is 13.0 Å². The number of carbonyl (C=O) groups excluding carboxylic acids is 1. The zero-order chi connectivity index (χ0) is 13.9. The second kappa shape index (κ2) is 5.41. The van der Waals surface area contributed by atoms with E-state index in [1.165, 1.54) is 0 Å². The molecule has 0 spiro atoms. The Balaban J connectivity index is 1.78. The molecule has 0 saturated carbocycles. The van der Waals surface area contributed by atoms with E-state index in [9.17, 15) is 4.79 Å². The number of benzene rings is 1. The topological polar surface area (TPSA) is 42.7 Å². The fourth-order valence-electron chi connectivity index (χ4n) is 2.64. The van der Waals surface area contributed by atoms with Crippen LogP contribution in [0.1, 0.15) is 30.2 Å². The summed E-state index contributed by atoms with van der Waals surface area (Å²) in [6.07, 6.45) is 3.06. The van der Waals surface area contributed by atoms with Crippen molar-refractivity contribution in [3.8, 4) is 5.75 Å². The van der Waals surface area contributed by atoms with E-state index in [2.05, 4.69) is 0 Å². The van der Waals surface area contributed by atoms with Crippen LogP contribution in [0.2, 0.25) is 0 Å². The number of amides is 1. The molecule has 1 amide bonds. The van der Waals surface area contributed by atoms with Gasteiger partial charge in [-0.05, 0) is 36.2 Å². The Bertz CT molecular complexity index is 574. The van der Waals surface area contributed by atoms with Crippen molar-refractivity contribution in [2.24, 2.45) is 0 Å². The Morgan fingerprint density at radius 3 is 2.75 bits per heavy atom. The molecule has 0 bridgehead atoms. The molecule has 0 N–H and O–H groups in total. The van der Waals surface area contributed by atoms with E-state index in [1.54, 1.807) is 13.4 Å². The normalized spacial score (nSPS) is 18.6. The first kappa shape index (κ1) is 12.8. The average molecular weight is 271 g/mol. The van der Waals surface area contributed by atoms with Gasteiger partial charge in [0.05, 0.1) is 19.4 Å². The summed E-state index contributed by atoms with van der Waals surface area (Å²) in [5.74, 6) is 1.87. The monoisotopic (exact) mass is 271 g/mol. The Labute approximate surface area is 118 Å². The third-order valence-electron chi connectivity index (χ3n) is 3.71. The number of methoxy groups -OCH3 is 1. The van der Waals surface area contributed by atoms with Crippen molar-refractivity contribution in [2.45, 2.75) is 25.4 Å². The number of carbonyl (C=O) groups is 1. The molecule has 1 unspecified atom stereocenters. The summed E-state index contributed by atoms with van der Waals surface area (Å²) in [6, 6.07) is 11.7. The molecule has 20 heavy (non-hydrogen) atoms. The van der Waals surface area contributed by atoms with E-state index in [4.69, 9.17) is 9.15 Å². The van der Waals surface area contributed by atoms with Crippen LogP contribution < -0.4 is 4.74 Å². The summed E-state index contributed by atoms with van der Waals surface area (Å²) < 4.78 is 10.6. The summed E-state index contributed by atoms with van der Waals surface area (Å²) in [6.45, 7) is 0.605. The van der Waals surface area contributed by atoms with Crippen molar-refractivity contribution >= 4 is 5.91 Å². The molecule has 1 fully saturated rings. The molecule has 1 saturated heterocycles. The van der Waals surface area contributed by atoms with Gasteiger partial charge in [0, 0.05) is 13.0 Å². The zero-order valence-corrected chi connectivity index (χ0v) is 11.4. The smallest absolute Gasteiger partial charge is 0.223 e. The molecule has 1 aliphatic rings. The molecule has 4 nitrogen and oxygen atoms in total. The highest BCUT2D eigenvalue weighted by Gasteiger charge is 2.33. The maximum absolute atomic E-state index is 12.1. The summed E-state index contributed by atoms with van der Waals surface area (Å²) in [5, 5.41) is 0. The van der Waals surface area contributed by atoms with Crippen LogP contribution in [0.4, 0.5) is 0 Å². The third-order valence-corrected chi connectivity index (χ3v) is 3.71. The van der Waals surface area contributed by atoms with Crippen LogP contribution in [0.15, 0.2) is 47.1 Å². The van der Waals surface area contributed by atoms with Gasteiger partial charge in [-0.25, -0.2) is 0 Å². The lowest BCUT2D eigenvalue weighted by Gasteiger charge is -2.23. The lowest BCUT2D eigenvalue weighted by molar-refractivity contribution is -0.129. The number of rotatable bonds is 4. The number of hydrogen-bond acceptors (Lipinski definition) is 3. The summed E-state index contributed by atoms with van der Waals surface area (Å²) in [4.78, 5) is 14.0.